The molecule has 0 bridgehead atoms. The van der Waals surface area contributed by atoms with Gasteiger partial charge in [-0.15, -0.1) is 0 Å². The maximum Gasteiger partial charge on any atom is 0.147 e. The molecule has 2 heteroatoms. The molecule has 0 aromatic heterocycles. The van der Waals surface area contributed by atoms with Crippen molar-refractivity contribution in [1.29, 1.82) is 0 Å². The summed E-state index contributed by atoms with van der Waals surface area (Å²) in [6.07, 6.45) is 6.04. The van der Waals surface area contributed by atoms with Crippen LogP contribution in [0.3, 0.4) is 0 Å². The maximum atomic E-state index is 3.67. The third-order valence-corrected chi connectivity index (χ3v) is 0.986. The molecule has 0 heterocycles. The highest BCUT2D eigenvalue weighted by atomic mass is 15.0. The first-order valence-electron chi connectivity index (χ1n) is 3.17. The van der Waals surface area contributed by atoms with Crippen LogP contribution < -0.4 is 11.1 Å². The number of hydrogen-bond donors (Lipinski definition) is 2. The van der Waals surface area contributed by atoms with Crippen molar-refractivity contribution in [3.63, 3.8) is 0 Å². The fraction of sp³-hybridized carbons (Fsp3) is 0.429. The van der Waals surface area contributed by atoms with Gasteiger partial charge in [-0.25, -0.2) is 0 Å². The minimum atomic E-state index is 0.740. The molecule has 0 aliphatic heterocycles. The van der Waals surface area contributed by atoms with E-state index in [0.29, 0.717) is 0 Å². The molecule has 0 aromatic carbocycles. The van der Waals surface area contributed by atoms with Crippen LogP contribution in [0, 0.1) is 0 Å². The molecule has 0 saturated carbocycles. The van der Waals surface area contributed by atoms with Gasteiger partial charge in [0.15, 0.2) is 0 Å². The molecule has 0 unspecified atom stereocenters. The number of nitrogens with one attached hydrogen (secondary N) is 1. The Balaban J connectivity index is 3.70. The topological polar surface area (TPSA) is 39.7 Å². The largest absolute Gasteiger partial charge is 0.341 e. The van der Waals surface area contributed by atoms with E-state index in [9.17, 15) is 0 Å². The summed E-state index contributed by atoms with van der Waals surface area (Å²) in [5, 5.41) is 3.10. The molecule has 0 spiro atoms. The van der Waals surface area contributed by atoms with E-state index in [2.05, 4.69) is 11.1 Å². The first-order chi connectivity index (χ1) is 4.35. The molecular formula is C7H15N2+. The minimum Gasteiger partial charge on any atom is -0.341 e. The highest BCUT2D eigenvalue weighted by Crippen LogP contribution is 1.88. The van der Waals surface area contributed by atoms with Gasteiger partial charge in [0.2, 0.25) is 0 Å². The zero-order valence-corrected chi connectivity index (χ0v) is 6.15. The third kappa shape index (κ3) is 3.79. The Labute approximate surface area is 56.4 Å². The standard InChI is InChI=1S/C7H14N2/c1-3-5-7(4-2)9-6-8/h3-5,9H,6,8H2,1-2H3/p+1. The van der Waals surface area contributed by atoms with Crippen LogP contribution in [0.4, 0.5) is 0 Å². The summed E-state index contributed by atoms with van der Waals surface area (Å²) in [4.78, 5) is 0. The molecule has 0 aliphatic rings. The number of rotatable bonds is 3. The van der Waals surface area contributed by atoms with E-state index in [1.807, 2.05) is 32.1 Å². The van der Waals surface area contributed by atoms with Gasteiger partial charge in [0.05, 0.1) is 0 Å². The molecule has 0 saturated heterocycles. The summed E-state index contributed by atoms with van der Waals surface area (Å²) in [5.74, 6) is 0. The van der Waals surface area contributed by atoms with Gasteiger partial charge in [0, 0.05) is 5.70 Å². The van der Waals surface area contributed by atoms with Crippen LogP contribution in [0.25, 0.3) is 0 Å². The Bertz CT molecular complexity index is 114. The van der Waals surface area contributed by atoms with Gasteiger partial charge in [-0.05, 0) is 19.9 Å². The van der Waals surface area contributed by atoms with Crippen LogP contribution in [-0.2, 0) is 0 Å². The summed E-state index contributed by atoms with van der Waals surface area (Å²) in [6.45, 7) is 4.73. The Hall–Kier alpha value is -0.760. The average Bonchev–Trinajstić information content (AvgIpc) is 1.88. The first kappa shape index (κ1) is 8.24. The summed E-state index contributed by atoms with van der Waals surface area (Å²) in [5.41, 5.74) is 4.80. The van der Waals surface area contributed by atoms with Crippen molar-refractivity contribution in [3.8, 4) is 0 Å². The lowest BCUT2D eigenvalue weighted by Gasteiger charge is -1.98. The number of hydrogen-bond acceptors (Lipinski definition) is 1. The smallest absolute Gasteiger partial charge is 0.147 e. The van der Waals surface area contributed by atoms with Gasteiger partial charge in [-0.1, -0.05) is 12.2 Å². The van der Waals surface area contributed by atoms with Crippen LogP contribution in [-0.4, -0.2) is 6.67 Å². The van der Waals surface area contributed by atoms with Crippen LogP contribution in [0.1, 0.15) is 13.8 Å². The fourth-order valence-corrected chi connectivity index (χ4v) is 0.581. The first-order valence-corrected chi connectivity index (χ1v) is 3.17. The van der Waals surface area contributed by atoms with Crippen molar-refractivity contribution < 1.29 is 5.73 Å². The van der Waals surface area contributed by atoms with E-state index in [-0.39, 0.29) is 0 Å². The zero-order chi connectivity index (χ0) is 7.11. The molecule has 0 amide bonds. The molecule has 0 aromatic rings. The van der Waals surface area contributed by atoms with Crippen molar-refractivity contribution in [2.75, 3.05) is 6.67 Å². The second kappa shape index (κ2) is 5.38. The summed E-state index contributed by atoms with van der Waals surface area (Å²) >= 11 is 0. The van der Waals surface area contributed by atoms with Crippen LogP contribution in [0.5, 0.6) is 0 Å². The molecule has 0 aliphatic carbocycles. The molecular weight excluding hydrogens is 112 g/mol. The third-order valence-electron chi connectivity index (χ3n) is 0.986. The Morgan fingerprint density at radius 1 is 1.56 bits per heavy atom. The van der Waals surface area contributed by atoms with Crippen LogP contribution >= 0.6 is 0 Å². The summed E-state index contributed by atoms with van der Waals surface area (Å²) < 4.78 is 0. The molecule has 0 rings (SSSR count). The van der Waals surface area contributed by atoms with Gasteiger partial charge in [0.1, 0.15) is 6.67 Å². The van der Waals surface area contributed by atoms with E-state index in [4.69, 9.17) is 0 Å². The van der Waals surface area contributed by atoms with E-state index in [1.165, 1.54) is 0 Å². The maximum absolute atomic E-state index is 3.67. The predicted molar refractivity (Wildman–Crippen MR) is 39.5 cm³/mol. The minimum absolute atomic E-state index is 0.740. The molecule has 0 atom stereocenters. The van der Waals surface area contributed by atoms with E-state index in [1.54, 1.807) is 0 Å². The summed E-state index contributed by atoms with van der Waals surface area (Å²) in [7, 11) is 0. The highest BCUT2D eigenvalue weighted by Gasteiger charge is 1.82. The van der Waals surface area contributed by atoms with E-state index >= 15 is 0 Å². The summed E-state index contributed by atoms with van der Waals surface area (Å²) in [6, 6.07) is 0. The Morgan fingerprint density at radius 3 is 2.56 bits per heavy atom. The quantitative estimate of drug-likeness (QED) is 0.414. The Kier molecular flexibility index (Phi) is 4.92. The zero-order valence-electron chi connectivity index (χ0n) is 6.15. The lowest BCUT2D eigenvalue weighted by atomic mass is 10.4. The van der Waals surface area contributed by atoms with Crippen molar-refractivity contribution in [2.45, 2.75) is 13.8 Å². The molecule has 0 fully saturated rings. The van der Waals surface area contributed by atoms with Gasteiger partial charge < -0.3 is 11.1 Å². The van der Waals surface area contributed by atoms with Gasteiger partial charge >= 0.3 is 0 Å². The van der Waals surface area contributed by atoms with Crippen molar-refractivity contribution >= 4 is 0 Å². The number of quaternary nitrogens is 1. The van der Waals surface area contributed by atoms with Crippen molar-refractivity contribution in [1.82, 2.24) is 5.32 Å². The lowest BCUT2D eigenvalue weighted by molar-refractivity contribution is -0.372. The van der Waals surface area contributed by atoms with E-state index < -0.39 is 0 Å². The van der Waals surface area contributed by atoms with Crippen LogP contribution in [0.15, 0.2) is 23.9 Å². The van der Waals surface area contributed by atoms with Gasteiger partial charge in [0.25, 0.3) is 0 Å². The predicted octanol–water partition coefficient (Wildman–Crippen LogP) is 0.255. The normalized spacial score (nSPS) is 12.6. The van der Waals surface area contributed by atoms with Gasteiger partial charge in [-0.2, -0.15) is 0 Å². The highest BCUT2D eigenvalue weighted by molar-refractivity contribution is 5.14. The fourth-order valence-electron chi connectivity index (χ4n) is 0.581. The average molecular weight is 127 g/mol. The van der Waals surface area contributed by atoms with Crippen molar-refractivity contribution in [3.05, 3.63) is 23.9 Å². The second-order valence-corrected chi connectivity index (χ2v) is 1.67. The molecule has 52 valence electrons. The molecule has 0 radical (unpaired) electrons. The second-order valence-electron chi connectivity index (χ2n) is 1.67. The van der Waals surface area contributed by atoms with E-state index in [0.717, 1.165) is 12.4 Å². The van der Waals surface area contributed by atoms with Gasteiger partial charge in [-0.3, -0.25) is 0 Å². The molecule has 4 N–H and O–H groups in total. The molecule has 2 nitrogen and oxygen atoms in total. The Morgan fingerprint density at radius 2 is 2.22 bits per heavy atom. The molecule has 9 heavy (non-hydrogen) atoms. The van der Waals surface area contributed by atoms with Crippen LogP contribution in [0.2, 0.25) is 0 Å². The van der Waals surface area contributed by atoms with Crippen molar-refractivity contribution in [2.24, 2.45) is 0 Å². The monoisotopic (exact) mass is 127 g/mol. The lowest BCUT2D eigenvalue weighted by Crippen LogP contribution is -2.56. The number of allylic oxidation sites excluding steroid dienone is 3. The SMILES string of the molecule is CC=CC(=CC)NC[NH3+].